The zero-order chi connectivity index (χ0) is 17.9. The average molecular weight is 353 g/mol. The summed E-state index contributed by atoms with van der Waals surface area (Å²) >= 11 is 0. The molecule has 4 rings (SSSR count). The van der Waals surface area contributed by atoms with E-state index >= 15 is 0 Å². The van der Waals surface area contributed by atoms with E-state index in [2.05, 4.69) is 15.3 Å². The van der Waals surface area contributed by atoms with Gasteiger partial charge in [0.2, 0.25) is 5.91 Å². The Morgan fingerprint density at radius 2 is 1.92 bits per heavy atom. The van der Waals surface area contributed by atoms with Crippen LogP contribution in [0.25, 0.3) is 0 Å². The molecule has 7 heteroatoms. The molecule has 1 N–H and O–H groups in total. The SMILES string of the molecule is O=C(NC(c1ccccn1)C1CCN(C(=O)n2ccnc2)CC1)C1CC1. The van der Waals surface area contributed by atoms with Gasteiger partial charge in [0.05, 0.1) is 11.7 Å². The topological polar surface area (TPSA) is 80.1 Å². The fourth-order valence-electron chi connectivity index (χ4n) is 3.57. The summed E-state index contributed by atoms with van der Waals surface area (Å²) in [6.45, 7) is 1.34. The number of pyridine rings is 1. The van der Waals surface area contributed by atoms with Crippen LogP contribution in [0.15, 0.2) is 43.1 Å². The molecule has 2 aliphatic rings. The van der Waals surface area contributed by atoms with Crippen molar-refractivity contribution < 1.29 is 9.59 Å². The van der Waals surface area contributed by atoms with E-state index in [4.69, 9.17) is 0 Å². The maximum absolute atomic E-state index is 12.4. The third-order valence-corrected chi connectivity index (χ3v) is 5.26. The van der Waals surface area contributed by atoms with E-state index in [9.17, 15) is 9.59 Å². The molecule has 2 aromatic rings. The Labute approximate surface area is 152 Å². The number of nitrogens with one attached hydrogen (secondary N) is 1. The maximum Gasteiger partial charge on any atom is 0.329 e. The second kappa shape index (κ2) is 7.27. The van der Waals surface area contributed by atoms with Crippen molar-refractivity contribution in [2.75, 3.05) is 13.1 Å². The Morgan fingerprint density at radius 1 is 1.12 bits per heavy atom. The molecule has 0 bridgehead atoms. The van der Waals surface area contributed by atoms with Crippen molar-refractivity contribution in [2.45, 2.75) is 31.7 Å². The van der Waals surface area contributed by atoms with Gasteiger partial charge in [-0.3, -0.25) is 14.3 Å². The molecule has 7 nitrogen and oxygen atoms in total. The van der Waals surface area contributed by atoms with Gasteiger partial charge in [-0.25, -0.2) is 9.78 Å². The van der Waals surface area contributed by atoms with E-state index in [0.29, 0.717) is 13.1 Å². The highest BCUT2D eigenvalue weighted by Gasteiger charge is 2.35. The van der Waals surface area contributed by atoms with Gasteiger partial charge in [0, 0.05) is 37.6 Å². The molecule has 136 valence electrons. The van der Waals surface area contributed by atoms with Crippen molar-refractivity contribution in [1.29, 1.82) is 0 Å². The van der Waals surface area contributed by atoms with Crippen molar-refractivity contribution in [3.8, 4) is 0 Å². The molecule has 2 amide bonds. The molecule has 0 aromatic carbocycles. The van der Waals surface area contributed by atoms with Gasteiger partial charge in [-0.15, -0.1) is 0 Å². The van der Waals surface area contributed by atoms with Crippen molar-refractivity contribution in [3.05, 3.63) is 48.8 Å². The Balaban J connectivity index is 1.43. The van der Waals surface area contributed by atoms with Crippen molar-refractivity contribution in [2.24, 2.45) is 11.8 Å². The number of hydrogen-bond acceptors (Lipinski definition) is 4. The van der Waals surface area contributed by atoms with Crippen LogP contribution in [-0.2, 0) is 4.79 Å². The largest absolute Gasteiger partial charge is 0.347 e. The van der Waals surface area contributed by atoms with Crippen LogP contribution in [0.5, 0.6) is 0 Å². The van der Waals surface area contributed by atoms with E-state index < -0.39 is 0 Å². The number of imidazole rings is 1. The highest BCUT2D eigenvalue weighted by molar-refractivity contribution is 5.81. The number of carbonyl (C=O) groups excluding carboxylic acids is 2. The van der Waals surface area contributed by atoms with Crippen LogP contribution in [-0.4, -0.2) is 44.5 Å². The lowest BCUT2D eigenvalue weighted by molar-refractivity contribution is -0.123. The standard InChI is InChI=1S/C19H23N5O2/c25-18(15-4-5-15)22-17(16-3-1-2-8-21-16)14-6-10-23(11-7-14)19(26)24-12-9-20-13-24/h1-3,8-9,12-15,17H,4-7,10-11H2,(H,22,25). The molecule has 0 radical (unpaired) electrons. The first-order valence-corrected chi connectivity index (χ1v) is 9.21. The molecule has 1 saturated carbocycles. The lowest BCUT2D eigenvalue weighted by Gasteiger charge is -2.36. The van der Waals surface area contributed by atoms with Gasteiger partial charge in [-0.2, -0.15) is 0 Å². The first kappa shape index (κ1) is 16.8. The predicted octanol–water partition coefficient (Wildman–Crippen LogP) is 2.23. The summed E-state index contributed by atoms with van der Waals surface area (Å²) in [5.41, 5.74) is 0.904. The molecular formula is C19H23N5O2. The molecule has 2 fully saturated rings. The van der Waals surface area contributed by atoms with Crippen LogP contribution in [0, 0.1) is 11.8 Å². The number of piperidine rings is 1. The normalized spacial score (nSPS) is 19.2. The minimum Gasteiger partial charge on any atom is -0.347 e. The van der Waals surface area contributed by atoms with E-state index in [-0.39, 0.29) is 29.8 Å². The summed E-state index contributed by atoms with van der Waals surface area (Å²) in [6.07, 6.45) is 10.2. The van der Waals surface area contributed by atoms with Crippen LogP contribution in [0.3, 0.4) is 0 Å². The summed E-state index contributed by atoms with van der Waals surface area (Å²) in [4.78, 5) is 35.0. The lowest BCUT2D eigenvalue weighted by atomic mass is 9.87. The first-order chi connectivity index (χ1) is 12.7. The van der Waals surface area contributed by atoms with Gasteiger partial charge in [0.25, 0.3) is 0 Å². The van der Waals surface area contributed by atoms with E-state index in [1.165, 1.54) is 10.9 Å². The Hall–Kier alpha value is -2.70. The van der Waals surface area contributed by atoms with Crippen LogP contribution < -0.4 is 5.32 Å². The average Bonchev–Trinajstić information content (AvgIpc) is 3.41. The highest BCUT2D eigenvalue weighted by Crippen LogP contribution is 2.34. The van der Waals surface area contributed by atoms with Crippen LogP contribution in [0.2, 0.25) is 0 Å². The monoisotopic (exact) mass is 353 g/mol. The number of hydrogen-bond donors (Lipinski definition) is 1. The van der Waals surface area contributed by atoms with Gasteiger partial charge < -0.3 is 10.2 Å². The number of carbonyl (C=O) groups is 2. The summed E-state index contributed by atoms with van der Waals surface area (Å²) in [7, 11) is 0. The summed E-state index contributed by atoms with van der Waals surface area (Å²) < 4.78 is 1.51. The van der Waals surface area contributed by atoms with E-state index in [1.807, 2.05) is 23.1 Å². The summed E-state index contributed by atoms with van der Waals surface area (Å²) in [6, 6.07) is 5.68. The molecule has 3 heterocycles. The molecule has 26 heavy (non-hydrogen) atoms. The minimum atomic E-state index is -0.0882. The number of amides is 2. The smallest absolute Gasteiger partial charge is 0.329 e. The molecule has 1 aliphatic carbocycles. The molecule has 1 atom stereocenters. The third kappa shape index (κ3) is 3.61. The minimum absolute atomic E-state index is 0.0441. The quantitative estimate of drug-likeness (QED) is 0.914. The van der Waals surface area contributed by atoms with E-state index in [0.717, 1.165) is 31.4 Å². The maximum atomic E-state index is 12.4. The van der Waals surface area contributed by atoms with Gasteiger partial charge in [-0.1, -0.05) is 6.07 Å². The predicted molar refractivity (Wildman–Crippen MR) is 95.2 cm³/mol. The lowest BCUT2D eigenvalue weighted by Crippen LogP contribution is -2.44. The van der Waals surface area contributed by atoms with Crippen LogP contribution in [0.1, 0.15) is 37.4 Å². The Bertz CT molecular complexity index is 750. The number of rotatable bonds is 4. The number of aromatic nitrogens is 3. The highest BCUT2D eigenvalue weighted by atomic mass is 16.2. The molecule has 2 aromatic heterocycles. The molecule has 0 spiro atoms. The van der Waals surface area contributed by atoms with E-state index in [1.54, 1.807) is 18.6 Å². The Morgan fingerprint density at radius 3 is 2.54 bits per heavy atom. The van der Waals surface area contributed by atoms with Gasteiger partial charge in [-0.05, 0) is 43.7 Å². The molecule has 1 saturated heterocycles. The van der Waals surface area contributed by atoms with Crippen molar-refractivity contribution >= 4 is 11.9 Å². The number of likely N-dealkylation sites (tertiary alicyclic amines) is 1. The molecular weight excluding hydrogens is 330 g/mol. The van der Waals surface area contributed by atoms with Crippen LogP contribution in [0.4, 0.5) is 4.79 Å². The second-order valence-corrected chi connectivity index (χ2v) is 7.09. The fourth-order valence-corrected chi connectivity index (χ4v) is 3.57. The van der Waals surface area contributed by atoms with Crippen LogP contribution >= 0.6 is 0 Å². The summed E-state index contributed by atoms with van der Waals surface area (Å²) in [5, 5.41) is 3.22. The van der Waals surface area contributed by atoms with Gasteiger partial charge in [0.1, 0.15) is 6.33 Å². The van der Waals surface area contributed by atoms with Crippen molar-refractivity contribution in [3.63, 3.8) is 0 Å². The third-order valence-electron chi connectivity index (χ3n) is 5.26. The second-order valence-electron chi connectivity index (χ2n) is 7.09. The van der Waals surface area contributed by atoms with Gasteiger partial charge >= 0.3 is 6.03 Å². The zero-order valence-electron chi connectivity index (χ0n) is 14.6. The van der Waals surface area contributed by atoms with Gasteiger partial charge in [0.15, 0.2) is 0 Å². The Kier molecular flexibility index (Phi) is 4.69. The fraction of sp³-hybridized carbons (Fsp3) is 0.474. The number of nitrogens with zero attached hydrogens (tertiary/aromatic N) is 4. The molecule has 1 aliphatic heterocycles. The molecule has 1 unspecified atom stereocenters. The zero-order valence-corrected chi connectivity index (χ0v) is 14.6. The first-order valence-electron chi connectivity index (χ1n) is 9.21. The summed E-state index contributed by atoms with van der Waals surface area (Å²) in [5.74, 6) is 0.584. The van der Waals surface area contributed by atoms with Crippen molar-refractivity contribution in [1.82, 2.24) is 24.8 Å².